The van der Waals surface area contributed by atoms with Gasteiger partial charge in [0.2, 0.25) is 0 Å². The van der Waals surface area contributed by atoms with Gasteiger partial charge in [-0.25, -0.2) is 0 Å². The fourth-order valence-corrected chi connectivity index (χ4v) is 5.08. The summed E-state index contributed by atoms with van der Waals surface area (Å²) >= 11 is 0. The first kappa shape index (κ1) is 27.7. The molecule has 0 bridgehead atoms. The number of rotatable bonds is 4. The second-order valence-electron chi connectivity index (χ2n) is 11.6. The van der Waals surface area contributed by atoms with Gasteiger partial charge in [0.15, 0.2) is 0 Å². The molecule has 3 aromatic carbocycles. The van der Waals surface area contributed by atoms with E-state index in [0.29, 0.717) is 19.1 Å². The highest BCUT2D eigenvalue weighted by atomic mass is 16.5. The van der Waals surface area contributed by atoms with Crippen molar-refractivity contribution in [2.45, 2.75) is 65.9 Å². The molecule has 0 radical (unpaired) electrons. The second kappa shape index (κ2) is 11.3. The molecular formula is C35H37NO4. The first-order valence-electron chi connectivity index (χ1n) is 14.1. The minimum absolute atomic E-state index is 0.216. The van der Waals surface area contributed by atoms with Gasteiger partial charge < -0.3 is 14.6 Å². The normalized spacial score (nSPS) is 14.1. The van der Waals surface area contributed by atoms with Gasteiger partial charge >= 0.3 is 5.97 Å². The van der Waals surface area contributed by atoms with Crippen molar-refractivity contribution in [1.82, 2.24) is 4.98 Å². The quantitative estimate of drug-likeness (QED) is 0.226. The zero-order valence-corrected chi connectivity index (χ0v) is 24.1. The van der Waals surface area contributed by atoms with Gasteiger partial charge in [-0.15, -0.1) is 0 Å². The Morgan fingerprint density at radius 3 is 2.65 bits per heavy atom. The van der Waals surface area contributed by atoms with Crippen LogP contribution in [0.4, 0.5) is 0 Å². The number of hydrogen-bond acceptors (Lipinski definition) is 5. The van der Waals surface area contributed by atoms with Gasteiger partial charge in [-0.05, 0) is 111 Å². The molecular weight excluding hydrogens is 498 g/mol. The predicted molar refractivity (Wildman–Crippen MR) is 161 cm³/mol. The molecule has 1 saturated carbocycles. The number of esters is 1. The van der Waals surface area contributed by atoms with Gasteiger partial charge in [0.05, 0.1) is 30.8 Å². The minimum Gasteiger partial charge on any atom is -0.493 e. The Labute approximate surface area is 236 Å². The van der Waals surface area contributed by atoms with Crippen LogP contribution in [0, 0.1) is 24.7 Å². The largest absolute Gasteiger partial charge is 0.493 e. The van der Waals surface area contributed by atoms with Gasteiger partial charge in [-0.3, -0.25) is 9.78 Å². The lowest BCUT2D eigenvalue weighted by Crippen LogP contribution is -2.11. The van der Waals surface area contributed by atoms with Crippen LogP contribution in [0.3, 0.4) is 0 Å². The number of aliphatic hydroxyl groups is 1. The average molecular weight is 536 g/mol. The van der Waals surface area contributed by atoms with Crippen molar-refractivity contribution >= 4 is 27.6 Å². The van der Waals surface area contributed by atoms with Crippen molar-refractivity contribution in [2.24, 2.45) is 5.92 Å². The summed E-state index contributed by atoms with van der Waals surface area (Å²) in [4.78, 5) is 17.5. The number of benzene rings is 3. The first-order chi connectivity index (χ1) is 19.1. The molecule has 1 aromatic heterocycles. The maximum atomic E-state index is 12.6. The van der Waals surface area contributed by atoms with Gasteiger partial charge in [0.25, 0.3) is 0 Å². The highest BCUT2D eigenvalue weighted by molar-refractivity contribution is 6.08. The van der Waals surface area contributed by atoms with Crippen LogP contribution in [0.5, 0.6) is 5.75 Å². The van der Waals surface area contributed by atoms with Crippen LogP contribution in [0.15, 0.2) is 48.7 Å². The summed E-state index contributed by atoms with van der Waals surface area (Å²) < 4.78 is 11.3. The summed E-state index contributed by atoms with van der Waals surface area (Å²) in [7, 11) is 0. The van der Waals surface area contributed by atoms with Crippen LogP contribution >= 0.6 is 0 Å². The van der Waals surface area contributed by atoms with E-state index in [2.05, 4.69) is 55.2 Å². The summed E-state index contributed by atoms with van der Waals surface area (Å²) in [6, 6.07) is 14.8. The van der Waals surface area contributed by atoms with E-state index in [1.54, 1.807) is 20.8 Å². The van der Waals surface area contributed by atoms with Crippen molar-refractivity contribution in [3.8, 4) is 28.7 Å². The SMILES string of the molecule is CC(C)(C)O.CCOC(=O)Cc1c(C)cc2cc(C#CC3CC3)ccc2c1-c1ccc2c3c(ccnc13)CCO2. The number of aromatic nitrogens is 1. The number of pyridine rings is 1. The molecule has 1 aliphatic heterocycles. The Balaban J connectivity index is 0.000000595. The Bertz CT molecular complexity index is 1630. The molecule has 6 rings (SSSR count). The van der Waals surface area contributed by atoms with E-state index < -0.39 is 5.60 Å². The highest BCUT2D eigenvalue weighted by Gasteiger charge is 2.23. The molecule has 0 amide bonds. The van der Waals surface area contributed by atoms with Crippen LogP contribution in [0.25, 0.3) is 32.8 Å². The number of carbonyl (C=O) groups excluding carboxylic acids is 1. The van der Waals surface area contributed by atoms with E-state index >= 15 is 0 Å². The van der Waals surface area contributed by atoms with E-state index in [9.17, 15) is 4.79 Å². The van der Waals surface area contributed by atoms with Crippen molar-refractivity contribution < 1.29 is 19.4 Å². The molecule has 2 aliphatic rings. The Kier molecular flexibility index (Phi) is 7.83. The molecule has 1 fully saturated rings. The molecule has 2 heterocycles. The summed E-state index contributed by atoms with van der Waals surface area (Å²) in [5.74, 6) is 7.92. The molecule has 40 heavy (non-hydrogen) atoms. The third kappa shape index (κ3) is 6.29. The average Bonchev–Trinajstić information content (AvgIpc) is 3.73. The first-order valence-corrected chi connectivity index (χ1v) is 14.1. The summed E-state index contributed by atoms with van der Waals surface area (Å²) in [6.45, 7) is 10.2. The predicted octanol–water partition coefficient (Wildman–Crippen LogP) is 6.94. The summed E-state index contributed by atoms with van der Waals surface area (Å²) in [5, 5.41) is 11.8. The fraction of sp³-hybridized carbons (Fsp3) is 0.371. The van der Waals surface area contributed by atoms with Crippen LogP contribution < -0.4 is 4.74 Å². The van der Waals surface area contributed by atoms with Crippen LogP contribution in [-0.4, -0.2) is 34.9 Å². The molecule has 0 spiro atoms. The molecule has 5 nitrogen and oxygen atoms in total. The smallest absolute Gasteiger partial charge is 0.310 e. The lowest BCUT2D eigenvalue weighted by molar-refractivity contribution is -0.142. The van der Waals surface area contributed by atoms with E-state index in [0.717, 1.165) is 61.7 Å². The van der Waals surface area contributed by atoms with Crippen molar-refractivity contribution in [1.29, 1.82) is 0 Å². The zero-order valence-electron chi connectivity index (χ0n) is 24.1. The Morgan fingerprint density at radius 1 is 1.15 bits per heavy atom. The molecule has 0 saturated heterocycles. The number of hydrogen-bond donors (Lipinski definition) is 1. The number of nitrogens with zero attached hydrogens (tertiary/aromatic N) is 1. The summed E-state index contributed by atoms with van der Waals surface area (Å²) in [5.41, 5.74) is 6.78. The number of carbonyl (C=O) groups is 1. The molecule has 1 N–H and O–H groups in total. The lowest BCUT2D eigenvalue weighted by Gasteiger charge is -2.22. The molecule has 5 heteroatoms. The molecule has 1 aliphatic carbocycles. The monoisotopic (exact) mass is 535 g/mol. The van der Waals surface area contributed by atoms with Gasteiger partial charge in [-0.1, -0.05) is 24.0 Å². The van der Waals surface area contributed by atoms with Crippen LogP contribution in [0.1, 0.15) is 62.8 Å². The van der Waals surface area contributed by atoms with Crippen molar-refractivity contribution in [3.63, 3.8) is 0 Å². The third-order valence-corrected chi connectivity index (χ3v) is 6.93. The molecule has 0 atom stereocenters. The Morgan fingerprint density at radius 2 is 1.93 bits per heavy atom. The molecule has 0 unspecified atom stereocenters. The Hall–Kier alpha value is -3.88. The number of ether oxygens (including phenoxy) is 2. The minimum atomic E-state index is -0.500. The second-order valence-corrected chi connectivity index (χ2v) is 11.6. The van der Waals surface area contributed by atoms with E-state index in [1.807, 2.05) is 19.2 Å². The van der Waals surface area contributed by atoms with E-state index in [1.165, 1.54) is 18.4 Å². The maximum absolute atomic E-state index is 12.6. The van der Waals surface area contributed by atoms with Crippen molar-refractivity contribution in [3.05, 3.63) is 70.9 Å². The van der Waals surface area contributed by atoms with E-state index in [-0.39, 0.29) is 12.4 Å². The van der Waals surface area contributed by atoms with Gasteiger partial charge in [0, 0.05) is 35.0 Å². The van der Waals surface area contributed by atoms with Crippen LogP contribution in [-0.2, 0) is 22.4 Å². The number of fused-ring (bicyclic) bond motifs is 1. The summed E-state index contributed by atoms with van der Waals surface area (Å²) in [6.07, 6.45) is 5.38. The standard InChI is InChI=1S/C31H27NO3.C4H10O/c1-3-34-28(33)18-26-19(2)16-23-17-21(7-6-20-4-5-20)8-9-24(23)30(26)25-10-11-27-29-22(13-15-35-27)12-14-32-31(25)29;1-4(2,3)5/h8-12,14,16-17,20H,3-5,13,15,18H2,1-2H3;5H,1-3H3. The van der Waals surface area contributed by atoms with E-state index in [4.69, 9.17) is 19.6 Å². The maximum Gasteiger partial charge on any atom is 0.310 e. The molecule has 206 valence electrons. The van der Waals surface area contributed by atoms with Gasteiger partial charge in [-0.2, -0.15) is 0 Å². The van der Waals surface area contributed by atoms with Crippen molar-refractivity contribution in [2.75, 3.05) is 13.2 Å². The van der Waals surface area contributed by atoms with Crippen LogP contribution in [0.2, 0.25) is 0 Å². The van der Waals surface area contributed by atoms with Gasteiger partial charge in [0.1, 0.15) is 5.75 Å². The molecule has 4 aromatic rings. The zero-order chi connectivity index (χ0) is 28.4. The highest BCUT2D eigenvalue weighted by Crippen LogP contribution is 2.42. The third-order valence-electron chi connectivity index (χ3n) is 6.93. The number of aryl methyl sites for hydroxylation is 1. The topological polar surface area (TPSA) is 68.7 Å². The lowest BCUT2D eigenvalue weighted by atomic mass is 9.86. The fourth-order valence-electron chi connectivity index (χ4n) is 5.08.